The number of anilines is 1. The molecule has 164 valence electrons. The number of thiazole rings is 1. The van der Waals surface area contributed by atoms with Gasteiger partial charge in [0.15, 0.2) is 5.13 Å². The molecule has 8 heteroatoms. The van der Waals surface area contributed by atoms with E-state index in [0.29, 0.717) is 26.4 Å². The number of hydrogen-bond acceptors (Lipinski definition) is 5. The average molecular weight is 479 g/mol. The maximum Gasteiger partial charge on any atom is 0.301 e. The molecule has 1 aromatic heterocycles. The van der Waals surface area contributed by atoms with Crippen LogP contribution in [-0.4, -0.2) is 21.8 Å². The maximum absolute atomic E-state index is 13.7. The number of aryl methyl sites for hydroxylation is 1. The zero-order chi connectivity index (χ0) is 23.3. The Morgan fingerprint density at radius 3 is 2.45 bits per heavy atom. The van der Waals surface area contributed by atoms with Crippen molar-refractivity contribution in [2.24, 2.45) is 0 Å². The number of amides is 1. The second-order valence-corrected chi connectivity index (χ2v) is 9.14. The van der Waals surface area contributed by atoms with Crippen molar-refractivity contribution in [1.82, 2.24) is 4.98 Å². The normalized spacial score (nSPS) is 17.8. The number of nitrogens with zero attached hydrogens (tertiary/aromatic N) is 2. The molecular weight excluding hydrogens is 463 g/mol. The molecule has 1 aliphatic rings. The summed E-state index contributed by atoms with van der Waals surface area (Å²) in [4.78, 5) is 32.1. The number of hydrogen-bond donors (Lipinski definition) is 1. The van der Waals surface area contributed by atoms with Gasteiger partial charge in [0.05, 0.1) is 21.8 Å². The molecule has 0 spiro atoms. The summed E-state index contributed by atoms with van der Waals surface area (Å²) in [6.07, 6.45) is 0. The van der Waals surface area contributed by atoms with Crippen molar-refractivity contribution < 1.29 is 19.1 Å². The third-order valence-corrected chi connectivity index (χ3v) is 6.77. The number of carbonyl (C=O) groups excluding carboxylic acids is 2. The molecule has 1 saturated heterocycles. The molecule has 1 aliphatic heterocycles. The summed E-state index contributed by atoms with van der Waals surface area (Å²) >= 11 is 7.15. The molecule has 3 aromatic carbocycles. The highest BCUT2D eigenvalue weighted by molar-refractivity contribution is 7.22. The van der Waals surface area contributed by atoms with Crippen LogP contribution in [0.4, 0.5) is 9.52 Å². The molecule has 33 heavy (non-hydrogen) atoms. The lowest BCUT2D eigenvalue weighted by Gasteiger charge is -2.23. The van der Waals surface area contributed by atoms with E-state index in [-0.39, 0.29) is 16.5 Å². The zero-order valence-corrected chi connectivity index (χ0v) is 18.8. The minimum Gasteiger partial charge on any atom is -0.507 e. The largest absolute Gasteiger partial charge is 0.507 e. The predicted octanol–water partition coefficient (Wildman–Crippen LogP) is 6.02. The fraction of sp³-hybridized carbons (Fsp3) is 0.0800. The maximum atomic E-state index is 13.7. The minimum atomic E-state index is -0.922. The number of benzene rings is 3. The lowest BCUT2D eigenvalue weighted by molar-refractivity contribution is -0.132. The van der Waals surface area contributed by atoms with Gasteiger partial charge in [0.25, 0.3) is 5.78 Å². The number of ketones is 1. The summed E-state index contributed by atoms with van der Waals surface area (Å²) in [7, 11) is 0. The summed E-state index contributed by atoms with van der Waals surface area (Å²) in [5.41, 5.74) is 2.45. The van der Waals surface area contributed by atoms with Gasteiger partial charge in [-0.05, 0) is 42.8 Å². The number of aromatic nitrogens is 1. The van der Waals surface area contributed by atoms with Crippen LogP contribution in [0.15, 0.2) is 72.3 Å². The Hall–Kier alpha value is -3.55. The Balaban J connectivity index is 1.73. The highest BCUT2D eigenvalue weighted by Gasteiger charge is 2.48. The molecule has 1 atom stereocenters. The number of aliphatic hydroxyl groups excluding tert-OH is 1. The van der Waals surface area contributed by atoms with Crippen LogP contribution in [-0.2, 0) is 9.59 Å². The van der Waals surface area contributed by atoms with Gasteiger partial charge in [0, 0.05) is 10.6 Å². The molecule has 2 heterocycles. The summed E-state index contributed by atoms with van der Waals surface area (Å²) in [5, 5.41) is 11.8. The summed E-state index contributed by atoms with van der Waals surface area (Å²) in [6.45, 7) is 1.91. The molecule has 5 nitrogen and oxygen atoms in total. The zero-order valence-electron chi connectivity index (χ0n) is 17.3. The Morgan fingerprint density at radius 1 is 1.06 bits per heavy atom. The van der Waals surface area contributed by atoms with E-state index in [0.717, 1.165) is 16.9 Å². The molecule has 1 N–H and O–H groups in total. The second kappa shape index (κ2) is 8.10. The van der Waals surface area contributed by atoms with Crippen LogP contribution in [0.5, 0.6) is 0 Å². The van der Waals surface area contributed by atoms with Crippen LogP contribution in [0.1, 0.15) is 22.7 Å². The topological polar surface area (TPSA) is 70.5 Å². The highest BCUT2D eigenvalue weighted by Crippen LogP contribution is 2.44. The Morgan fingerprint density at radius 2 is 1.76 bits per heavy atom. The van der Waals surface area contributed by atoms with Crippen molar-refractivity contribution in [3.8, 4) is 0 Å². The number of Topliss-reactive ketones (excluding diaryl/α,β-unsaturated/α-hetero) is 1. The number of fused-ring (bicyclic) bond motifs is 1. The SMILES string of the molecule is Cc1ccc(/C(O)=C2\C(=O)C(=O)N(c3nc4ccc(F)cc4s3)C2c2ccc(Cl)cc2)cc1. The first kappa shape index (κ1) is 21.3. The first-order valence-electron chi connectivity index (χ1n) is 10.0. The van der Waals surface area contributed by atoms with Crippen LogP contribution in [0, 0.1) is 12.7 Å². The van der Waals surface area contributed by atoms with E-state index in [4.69, 9.17) is 11.6 Å². The summed E-state index contributed by atoms with van der Waals surface area (Å²) in [5.74, 6) is -2.34. The molecule has 0 saturated carbocycles. The van der Waals surface area contributed by atoms with Crippen LogP contribution in [0.2, 0.25) is 5.02 Å². The van der Waals surface area contributed by atoms with E-state index in [1.165, 1.54) is 23.1 Å². The number of rotatable bonds is 3. The molecule has 1 amide bonds. The van der Waals surface area contributed by atoms with Gasteiger partial charge in [0.1, 0.15) is 11.6 Å². The van der Waals surface area contributed by atoms with Crippen molar-refractivity contribution in [2.45, 2.75) is 13.0 Å². The van der Waals surface area contributed by atoms with Crippen LogP contribution < -0.4 is 4.90 Å². The molecular formula is C25H16ClFN2O3S. The number of halogens is 2. The Labute approximate surface area is 197 Å². The van der Waals surface area contributed by atoms with E-state index < -0.39 is 23.5 Å². The molecule has 5 rings (SSSR count). The quantitative estimate of drug-likeness (QED) is 0.222. The van der Waals surface area contributed by atoms with Gasteiger partial charge >= 0.3 is 5.91 Å². The monoisotopic (exact) mass is 478 g/mol. The van der Waals surface area contributed by atoms with Crippen LogP contribution >= 0.6 is 22.9 Å². The fourth-order valence-electron chi connectivity index (χ4n) is 3.85. The lowest BCUT2D eigenvalue weighted by Crippen LogP contribution is -2.29. The molecule has 0 aliphatic carbocycles. The number of aliphatic hydroxyl groups is 1. The van der Waals surface area contributed by atoms with Gasteiger partial charge in [0.2, 0.25) is 0 Å². The molecule has 4 aromatic rings. The average Bonchev–Trinajstić information content (AvgIpc) is 3.32. The third kappa shape index (κ3) is 3.69. The van der Waals surface area contributed by atoms with Gasteiger partial charge in [-0.25, -0.2) is 9.37 Å². The van der Waals surface area contributed by atoms with Crippen molar-refractivity contribution in [1.29, 1.82) is 0 Å². The predicted molar refractivity (Wildman–Crippen MR) is 127 cm³/mol. The molecule has 0 bridgehead atoms. The highest BCUT2D eigenvalue weighted by atomic mass is 35.5. The number of carbonyl (C=O) groups is 2. The van der Waals surface area contributed by atoms with Crippen molar-refractivity contribution >= 4 is 55.7 Å². The van der Waals surface area contributed by atoms with Crippen molar-refractivity contribution in [2.75, 3.05) is 4.90 Å². The third-order valence-electron chi connectivity index (χ3n) is 5.50. The van der Waals surface area contributed by atoms with Gasteiger partial charge in [-0.15, -0.1) is 0 Å². The Bertz CT molecular complexity index is 1450. The van der Waals surface area contributed by atoms with Crippen molar-refractivity contribution in [3.63, 3.8) is 0 Å². The van der Waals surface area contributed by atoms with Gasteiger partial charge < -0.3 is 5.11 Å². The first-order chi connectivity index (χ1) is 15.8. The summed E-state index contributed by atoms with van der Waals surface area (Å²) < 4.78 is 14.3. The first-order valence-corrected chi connectivity index (χ1v) is 11.2. The van der Waals surface area contributed by atoms with Gasteiger partial charge in [-0.1, -0.05) is 64.9 Å². The minimum absolute atomic E-state index is 0.0448. The fourth-order valence-corrected chi connectivity index (χ4v) is 4.99. The van der Waals surface area contributed by atoms with Gasteiger partial charge in [-0.2, -0.15) is 0 Å². The van der Waals surface area contributed by atoms with E-state index in [1.54, 1.807) is 36.4 Å². The van der Waals surface area contributed by atoms with E-state index in [1.807, 2.05) is 19.1 Å². The van der Waals surface area contributed by atoms with Crippen LogP contribution in [0.25, 0.3) is 16.0 Å². The van der Waals surface area contributed by atoms with Crippen LogP contribution in [0.3, 0.4) is 0 Å². The second-order valence-electron chi connectivity index (χ2n) is 7.70. The lowest BCUT2D eigenvalue weighted by atomic mass is 9.95. The smallest absolute Gasteiger partial charge is 0.301 e. The van der Waals surface area contributed by atoms with Crippen molar-refractivity contribution in [3.05, 3.63) is 99.8 Å². The van der Waals surface area contributed by atoms with Gasteiger partial charge in [-0.3, -0.25) is 14.5 Å². The molecule has 1 fully saturated rings. The van der Waals surface area contributed by atoms with E-state index in [2.05, 4.69) is 4.98 Å². The van der Waals surface area contributed by atoms with E-state index in [9.17, 15) is 19.1 Å². The molecule has 1 unspecified atom stereocenters. The molecule has 0 radical (unpaired) electrons. The van der Waals surface area contributed by atoms with E-state index >= 15 is 0 Å². The standard InChI is InChI=1S/C25H16ClFN2O3S/c1-13-2-4-15(5-3-13)22(30)20-21(14-6-8-16(26)9-7-14)29(24(32)23(20)31)25-28-18-11-10-17(27)12-19(18)33-25/h2-12,21,30H,1H3/b22-20+. The Kier molecular flexibility index (Phi) is 5.23. The summed E-state index contributed by atoms with van der Waals surface area (Å²) in [6, 6.07) is 16.9.